The van der Waals surface area contributed by atoms with Gasteiger partial charge in [0.05, 0.1) is 0 Å². The second-order valence-corrected chi connectivity index (χ2v) is 10.7. The molecule has 0 fully saturated rings. The van der Waals surface area contributed by atoms with Gasteiger partial charge in [-0.2, -0.15) is 0 Å². The number of ether oxygens (including phenoxy) is 2. The van der Waals surface area contributed by atoms with Crippen LogP contribution in [0.3, 0.4) is 0 Å². The molecule has 2 atom stereocenters. The molecule has 0 unspecified atom stereocenters. The van der Waals surface area contributed by atoms with E-state index in [0.29, 0.717) is 13.2 Å². The van der Waals surface area contributed by atoms with Gasteiger partial charge in [-0.15, -0.1) is 0 Å². The van der Waals surface area contributed by atoms with Crippen LogP contribution in [0.15, 0.2) is 70.6 Å². The molecule has 2 aliphatic heterocycles. The molecule has 0 aromatic heterocycles. The van der Waals surface area contributed by atoms with Crippen LogP contribution in [0.5, 0.6) is 0 Å². The highest BCUT2D eigenvalue weighted by atomic mass is 79.9. The van der Waals surface area contributed by atoms with E-state index in [1.54, 1.807) is 0 Å². The van der Waals surface area contributed by atoms with E-state index >= 15 is 0 Å². The van der Waals surface area contributed by atoms with Crippen LogP contribution in [-0.4, -0.2) is 30.3 Å². The lowest BCUT2D eigenvalue weighted by Crippen LogP contribution is -2.37. The molecule has 0 aliphatic carbocycles. The summed E-state index contributed by atoms with van der Waals surface area (Å²) in [7, 11) is 0. The SMILES string of the molecule is CC(CCCCCCCCCCBr)(C1=N[C@H](c2ccccc2)CO1)C1=N[C@H](c2ccccc2)CO1. The third-order valence-corrected chi connectivity index (χ3v) is 7.74. The molecule has 0 saturated carbocycles. The van der Waals surface area contributed by atoms with Crippen molar-refractivity contribution in [1.82, 2.24) is 0 Å². The normalized spacial score (nSPS) is 19.7. The monoisotopic (exact) mass is 538 g/mol. The first-order chi connectivity index (χ1) is 17.2. The van der Waals surface area contributed by atoms with Crippen molar-refractivity contribution in [2.45, 2.75) is 76.8 Å². The third-order valence-electron chi connectivity index (χ3n) is 7.18. The van der Waals surface area contributed by atoms with Crippen LogP contribution in [0.4, 0.5) is 0 Å². The van der Waals surface area contributed by atoms with Gasteiger partial charge in [0, 0.05) is 5.33 Å². The highest BCUT2D eigenvalue weighted by molar-refractivity contribution is 9.09. The Labute approximate surface area is 219 Å². The van der Waals surface area contributed by atoms with Crippen LogP contribution in [-0.2, 0) is 9.47 Å². The first-order valence-corrected chi connectivity index (χ1v) is 14.4. The van der Waals surface area contributed by atoms with Crippen molar-refractivity contribution in [1.29, 1.82) is 0 Å². The number of aliphatic imine (C=N–C) groups is 2. The molecule has 0 bridgehead atoms. The van der Waals surface area contributed by atoms with Gasteiger partial charge in [-0.25, -0.2) is 9.98 Å². The number of halogens is 1. The molecule has 4 rings (SSSR count). The average molecular weight is 540 g/mol. The standard InChI is InChI=1S/C30H39BrN2O2/c1-30(20-14-6-4-2-3-5-7-15-21-31,28-32-26(22-34-28)24-16-10-8-11-17-24)29-33-27(23-35-29)25-18-12-9-13-19-25/h8-13,16-19,26-27H,2-7,14-15,20-23H2,1H3/t26-,27-/m0/s1. The van der Waals surface area contributed by atoms with Crippen LogP contribution >= 0.6 is 15.9 Å². The maximum Gasteiger partial charge on any atom is 0.199 e. The minimum absolute atomic E-state index is 0.0389. The van der Waals surface area contributed by atoms with Crippen molar-refractivity contribution < 1.29 is 9.47 Å². The van der Waals surface area contributed by atoms with Gasteiger partial charge >= 0.3 is 0 Å². The molecule has 2 aliphatic rings. The van der Waals surface area contributed by atoms with Gasteiger partial charge in [0.15, 0.2) is 11.8 Å². The molecule has 0 spiro atoms. The Hall–Kier alpha value is -2.14. The third kappa shape index (κ3) is 6.97. The number of rotatable bonds is 14. The summed E-state index contributed by atoms with van der Waals surface area (Å²) < 4.78 is 12.5. The fourth-order valence-electron chi connectivity index (χ4n) is 4.98. The predicted molar refractivity (Wildman–Crippen MR) is 149 cm³/mol. The topological polar surface area (TPSA) is 43.2 Å². The highest BCUT2D eigenvalue weighted by Gasteiger charge is 2.45. The van der Waals surface area contributed by atoms with E-state index in [0.717, 1.165) is 30.0 Å². The summed E-state index contributed by atoms with van der Waals surface area (Å²) in [4.78, 5) is 10.1. The van der Waals surface area contributed by atoms with E-state index < -0.39 is 5.41 Å². The number of nitrogens with zero attached hydrogens (tertiary/aromatic N) is 2. The summed E-state index contributed by atoms with van der Waals surface area (Å²) in [6.45, 7) is 3.38. The van der Waals surface area contributed by atoms with E-state index in [9.17, 15) is 0 Å². The Kier molecular flexibility index (Phi) is 9.82. The first-order valence-electron chi connectivity index (χ1n) is 13.3. The molecule has 0 amide bonds. The molecule has 188 valence electrons. The summed E-state index contributed by atoms with van der Waals surface area (Å²) in [6, 6.07) is 20.9. The largest absolute Gasteiger partial charge is 0.478 e. The lowest BCUT2D eigenvalue weighted by Gasteiger charge is -2.28. The Balaban J connectivity index is 1.43. The zero-order valence-corrected chi connectivity index (χ0v) is 22.6. The Bertz CT molecular complexity index is 895. The van der Waals surface area contributed by atoms with Gasteiger partial charge < -0.3 is 9.47 Å². The van der Waals surface area contributed by atoms with Crippen LogP contribution in [0.2, 0.25) is 0 Å². The minimum atomic E-state index is -0.428. The lowest BCUT2D eigenvalue weighted by atomic mass is 9.83. The van der Waals surface area contributed by atoms with E-state index in [2.05, 4.69) is 71.4 Å². The van der Waals surface area contributed by atoms with E-state index in [-0.39, 0.29) is 12.1 Å². The summed E-state index contributed by atoms with van der Waals surface area (Å²) in [5.41, 5.74) is 1.96. The number of alkyl halides is 1. The zero-order valence-electron chi connectivity index (χ0n) is 21.0. The van der Waals surface area contributed by atoms with E-state index in [1.165, 1.54) is 56.1 Å². The Morgan fingerprint density at radius 2 is 1.11 bits per heavy atom. The van der Waals surface area contributed by atoms with Crippen molar-refractivity contribution >= 4 is 27.7 Å². The second kappa shape index (κ2) is 13.2. The van der Waals surface area contributed by atoms with E-state index in [1.807, 2.05) is 12.1 Å². The van der Waals surface area contributed by atoms with Crippen molar-refractivity contribution in [2.24, 2.45) is 15.4 Å². The Morgan fingerprint density at radius 1 is 0.686 bits per heavy atom. The van der Waals surface area contributed by atoms with Crippen LogP contribution in [0, 0.1) is 5.41 Å². The van der Waals surface area contributed by atoms with Crippen LogP contribution in [0.1, 0.15) is 87.9 Å². The molecule has 2 aromatic rings. The Morgan fingerprint density at radius 3 is 1.57 bits per heavy atom. The summed E-state index contributed by atoms with van der Waals surface area (Å²) >= 11 is 3.52. The molecular weight excluding hydrogens is 500 g/mol. The van der Waals surface area contributed by atoms with Crippen LogP contribution in [0.25, 0.3) is 0 Å². The molecule has 2 aromatic carbocycles. The molecule has 35 heavy (non-hydrogen) atoms. The van der Waals surface area contributed by atoms with Crippen LogP contribution < -0.4 is 0 Å². The zero-order chi connectivity index (χ0) is 24.3. The maximum absolute atomic E-state index is 6.26. The minimum Gasteiger partial charge on any atom is -0.478 e. The van der Waals surface area contributed by atoms with Gasteiger partial charge in [-0.05, 0) is 30.9 Å². The van der Waals surface area contributed by atoms with E-state index in [4.69, 9.17) is 19.5 Å². The van der Waals surface area contributed by atoms with Crippen molar-refractivity contribution in [3.05, 3.63) is 71.8 Å². The fraction of sp³-hybridized carbons (Fsp3) is 0.533. The number of benzene rings is 2. The molecule has 0 saturated heterocycles. The van der Waals surface area contributed by atoms with Crippen molar-refractivity contribution in [3.8, 4) is 0 Å². The second-order valence-electron chi connectivity index (χ2n) is 9.94. The van der Waals surface area contributed by atoms with Gasteiger partial charge in [0.1, 0.15) is 30.7 Å². The van der Waals surface area contributed by atoms with Gasteiger partial charge in [0.2, 0.25) is 0 Å². The first kappa shape index (κ1) is 25.9. The van der Waals surface area contributed by atoms with Crippen molar-refractivity contribution in [3.63, 3.8) is 0 Å². The molecule has 0 radical (unpaired) electrons. The number of hydrogen-bond donors (Lipinski definition) is 0. The van der Waals surface area contributed by atoms with Gasteiger partial charge in [0.25, 0.3) is 0 Å². The smallest absolute Gasteiger partial charge is 0.199 e. The predicted octanol–water partition coefficient (Wildman–Crippen LogP) is 8.24. The molecular formula is C30H39BrN2O2. The molecule has 4 nitrogen and oxygen atoms in total. The van der Waals surface area contributed by atoms with Gasteiger partial charge in [-0.1, -0.05) is 122 Å². The maximum atomic E-state index is 6.26. The molecule has 5 heteroatoms. The highest BCUT2D eigenvalue weighted by Crippen LogP contribution is 2.39. The molecule has 2 heterocycles. The van der Waals surface area contributed by atoms with Crippen molar-refractivity contribution in [2.75, 3.05) is 18.5 Å². The summed E-state index contributed by atoms with van der Waals surface area (Å²) in [5, 5.41) is 1.12. The lowest BCUT2D eigenvalue weighted by molar-refractivity contribution is 0.250. The summed E-state index contributed by atoms with van der Waals surface area (Å²) in [5.74, 6) is 1.57. The summed E-state index contributed by atoms with van der Waals surface area (Å²) in [6.07, 6.45) is 11.2. The number of hydrogen-bond acceptors (Lipinski definition) is 4. The molecule has 0 N–H and O–H groups in total. The number of unbranched alkanes of at least 4 members (excludes halogenated alkanes) is 7. The fourth-order valence-corrected chi connectivity index (χ4v) is 5.38. The quantitative estimate of drug-likeness (QED) is 0.179. The van der Waals surface area contributed by atoms with Gasteiger partial charge in [-0.3, -0.25) is 0 Å². The average Bonchev–Trinajstić information content (AvgIpc) is 3.60.